The number of aryl methyl sites for hydroxylation is 1. The molecule has 0 radical (unpaired) electrons. The molecule has 2 aliphatic heterocycles. The SMILES string of the molecule is CCN1CCC(CC(=O)N2CCc3c(c(-c4ncc(C)o4)nn3Cc3ccccc3)C2)CC1. The molecule has 0 atom stereocenters. The average molecular weight is 448 g/mol. The van der Waals surface area contributed by atoms with Crippen LogP contribution in [0.1, 0.15) is 48.8 Å². The van der Waals surface area contributed by atoms with Crippen LogP contribution in [0.4, 0.5) is 0 Å². The third-order valence-electron chi connectivity index (χ3n) is 7.10. The van der Waals surface area contributed by atoms with Crippen LogP contribution in [0.3, 0.4) is 0 Å². The number of aromatic nitrogens is 3. The van der Waals surface area contributed by atoms with Gasteiger partial charge in [0.25, 0.3) is 0 Å². The fraction of sp³-hybridized carbons (Fsp3) is 0.500. The van der Waals surface area contributed by atoms with Crippen molar-refractivity contribution in [1.82, 2.24) is 24.6 Å². The Hall–Kier alpha value is -2.93. The van der Waals surface area contributed by atoms with Crippen LogP contribution < -0.4 is 0 Å². The number of nitrogens with zero attached hydrogens (tertiary/aromatic N) is 5. The third kappa shape index (κ3) is 4.74. The topological polar surface area (TPSA) is 67.4 Å². The Morgan fingerprint density at radius 2 is 1.94 bits per heavy atom. The van der Waals surface area contributed by atoms with E-state index < -0.39 is 0 Å². The van der Waals surface area contributed by atoms with Crippen molar-refractivity contribution in [1.29, 1.82) is 0 Å². The summed E-state index contributed by atoms with van der Waals surface area (Å²) in [5.41, 5.74) is 4.23. The van der Waals surface area contributed by atoms with Gasteiger partial charge >= 0.3 is 0 Å². The van der Waals surface area contributed by atoms with Crippen molar-refractivity contribution in [2.24, 2.45) is 5.92 Å². The van der Waals surface area contributed by atoms with Gasteiger partial charge in [0.2, 0.25) is 11.8 Å². The van der Waals surface area contributed by atoms with E-state index in [0.717, 1.165) is 62.5 Å². The lowest BCUT2D eigenvalue weighted by atomic mass is 9.92. The van der Waals surface area contributed by atoms with E-state index in [9.17, 15) is 4.79 Å². The Morgan fingerprint density at radius 3 is 2.64 bits per heavy atom. The highest BCUT2D eigenvalue weighted by molar-refractivity contribution is 5.77. The van der Waals surface area contributed by atoms with Crippen molar-refractivity contribution in [2.45, 2.75) is 52.6 Å². The summed E-state index contributed by atoms with van der Waals surface area (Å²) < 4.78 is 7.91. The van der Waals surface area contributed by atoms with Crippen LogP contribution in [0.15, 0.2) is 40.9 Å². The first-order valence-corrected chi connectivity index (χ1v) is 12.2. The molecule has 7 nitrogen and oxygen atoms in total. The Labute approximate surface area is 195 Å². The molecule has 0 unspecified atom stereocenters. The highest BCUT2D eigenvalue weighted by Crippen LogP contribution is 2.31. The lowest BCUT2D eigenvalue weighted by Gasteiger charge is -2.33. The number of carbonyl (C=O) groups is 1. The van der Waals surface area contributed by atoms with Gasteiger partial charge in [0, 0.05) is 37.2 Å². The summed E-state index contributed by atoms with van der Waals surface area (Å²) in [7, 11) is 0. The second kappa shape index (κ2) is 9.51. The van der Waals surface area contributed by atoms with Gasteiger partial charge in [-0.05, 0) is 50.9 Å². The molecular weight excluding hydrogens is 414 g/mol. The molecule has 2 aromatic heterocycles. The molecule has 1 fully saturated rings. The smallest absolute Gasteiger partial charge is 0.247 e. The molecule has 4 heterocycles. The Balaban J connectivity index is 1.36. The molecule has 1 saturated heterocycles. The van der Waals surface area contributed by atoms with E-state index in [1.807, 2.05) is 17.9 Å². The number of likely N-dealkylation sites (tertiary alicyclic amines) is 1. The summed E-state index contributed by atoms with van der Waals surface area (Å²) in [6, 6.07) is 10.4. The quantitative estimate of drug-likeness (QED) is 0.573. The number of hydrogen-bond donors (Lipinski definition) is 0. The third-order valence-corrected chi connectivity index (χ3v) is 7.10. The van der Waals surface area contributed by atoms with E-state index in [-0.39, 0.29) is 5.91 Å². The van der Waals surface area contributed by atoms with Crippen LogP contribution in [-0.4, -0.2) is 56.7 Å². The lowest BCUT2D eigenvalue weighted by molar-refractivity contribution is -0.133. The number of hydrogen-bond acceptors (Lipinski definition) is 5. The fourth-order valence-electron chi connectivity index (χ4n) is 5.11. The molecule has 0 saturated carbocycles. The summed E-state index contributed by atoms with van der Waals surface area (Å²) in [5, 5.41) is 4.91. The second-order valence-electron chi connectivity index (χ2n) is 9.34. The maximum Gasteiger partial charge on any atom is 0.247 e. The normalized spacial score (nSPS) is 17.3. The summed E-state index contributed by atoms with van der Waals surface area (Å²) >= 11 is 0. The maximum absolute atomic E-state index is 13.2. The minimum atomic E-state index is 0.265. The predicted octanol–water partition coefficient (Wildman–Crippen LogP) is 3.90. The van der Waals surface area contributed by atoms with Crippen LogP contribution in [0.2, 0.25) is 0 Å². The highest BCUT2D eigenvalue weighted by atomic mass is 16.4. The summed E-state index contributed by atoms with van der Waals surface area (Å²) in [6.07, 6.45) is 5.42. The first-order chi connectivity index (χ1) is 16.1. The monoisotopic (exact) mass is 447 g/mol. The number of amides is 1. The van der Waals surface area contributed by atoms with Crippen LogP contribution in [0, 0.1) is 12.8 Å². The van der Waals surface area contributed by atoms with Gasteiger partial charge in [0.15, 0.2) is 5.69 Å². The van der Waals surface area contributed by atoms with Crippen molar-refractivity contribution >= 4 is 5.91 Å². The van der Waals surface area contributed by atoms with Crippen LogP contribution >= 0.6 is 0 Å². The predicted molar refractivity (Wildman–Crippen MR) is 127 cm³/mol. The van der Waals surface area contributed by atoms with Gasteiger partial charge in [-0.25, -0.2) is 4.98 Å². The first-order valence-electron chi connectivity index (χ1n) is 12.2. The van der Waals surface area contributed by atoms with Gasteiger partial charge in [0.05, 0.1) is 12.7 Å². The number of fused-ring (bicyclic) bond motifs is 1. The number of oxazole rings is 1. The molecule has 174 valence electrons. The minimum absolute atomic E-state index is 0.265. The molecule has 3 aromatic rings. The Morgan fingerprint density at radius 1 is 1.15 bits per heavy atom. The molecule has 33 heavy (non-hydrogen) atoms. The molecule has 1 aromatic carbocycles. The van der Waals surface area contributed by atoms with Crippen molar-refractivity contribution in [3.63, 3.8) is 0 Å². The zero-order valence-corrected chi connectivity index (χ0v) is 19.7. The van der Waals surface area contributed by atoms with E-state index in [4.69, 9.17) is 9.52 Å². The molecule has 5 rings (SSSR count). The fourth-order valence-corrected chi connectivity index (χ4v) is 5.11. The molecule has 7 heteroatoms. The van der Waals surface area contributed by atoms with Gasteiger partial charge in [0.1, 0.15) is 5.76 Å². The van der Waals surface area contributed by atoms with Crippen LogP contribution in [0.5, 0.6) is 0 Å². The molecule has 0 N–H and O–H groups in total. The molecular formula is C26H33N5O2. The van der Waals surface area contributed by atoms with Crippen molar-refractivity contribution in [2.75, 3.05) is 26.2 Å². The number of piperidine rings is 1. The second-order valence-corrected chi connectivity index (χ2v) is 9.34. The zero-order valence-electron chi connectivity index (χ0n) is 19.7. The highest BCUT2D eigenvalue weighted by Gasteiger charge is 2.31. The van der Waals surface area contributed by atoms with Gasteiger partial charge < -0.3 is 14.2 Å². The molecule has 0 bridgehead atoms. The zero-order chi connectivity index (χ0) is 22.8. The van der Waals surface area contributed by atoms with Gasteiger partial charge in [-0.15, -0.1) is 0 Å². The first kappa shape index (κ1) is 21.9. The minimum Gasteiger partial charge on any atom is -0.440 e. The average Bonchev–Trinajstić information content (AvgIpc) is 3.43. The van der Waals surface area contributed by atoms with Crippen molar-refractivity contribution in [3.8, 4) is 11.6 Å². The Kier molecular flexibility index (Phi) is 6.31. The number of benzene rings is 1. The molecule has 2 aliphatic rings. The largest absolute Gasteiger partial charge is 0.440 e. The molecule has 0 aliphatic carbocycles. The van der Waals surface area contributed by atoms with E-state index >= 15 is 0 Å². The lowest BCUT2D eigenvalue weighted by Crippen LogP contribution is -2.39. The van der Waals surface area contributed by atoms with E-state index in [1.54, 1.807) is 6.20 Å². The summed E-state index contributed by atoms with van der Waals surface area (Å²) in [6.45, 7) is 9.44. The molecule has 0 spiro atoms. The number of rotatable bonds is 6. The van der Waals surface area contributed by atoms with Gasteiger partial charge in [-0.2, -0.15) is 5.10 Å². The van der Waals surface area contributed by atoms with Gasteiger partial charge in [-0.3, -0.25) is 9.48 Å². The van der Waals surface area contributed by atoms with Crippen molar-refractivity contribution in [3.05, 3.63) is 59.1 Å². The van der Waals surface area contributed by atoms with E-state index in [0.29, 0.717) is 31.3 Å². The van der Waals surface area contributed by atoms with E-state index in [1.165, 1.54) is 11.3 Å². The van der Waals surface area contributed by atoms with Crippen LogP contribution in [-0.2, 0) is 24.3 Å². The maximum atomic E-state index is 13.2. The van der Waals surface area contributed by atoms with E-state index in [2.05, 4.69) is 45.8 Å². The van der Waals surface area contributed by atoms with Gasteiger partial charge in [-0.1, -0.05) is 37.3 Å². The number of carbonyl (C=O) groups excluding carboxylic acids is 1. The Bertz CT molecular complexity index is 1100. The van der Waals surface area contributed by atoms with Crippen molar-refractivity contribution < 1.29 is 9.21 Å². The summed E-state index contributed by atoms with van der Waals surface area (Å²) in [5.74, 6) is 2.06. The summed E-state index contributed by atoms with van der Waals surface area (Å²) in [4.78, 5) is 22.2. The standard InChI is InChI=1S/C26H33N5O2/c1-3-29-12-9-20(10-13-29)15-24(32)30-14-11-23-22(18-30)25(26-27-16-19(2)33-26)28-31(23)17-21-7-5-4-6-8-21/h4-8,16,20H,3,9-15,17-18H2,1-2H3. The molecule has 1 amide bonds. The van der Waals surface area contributed by atoms with Crippen LogP contribution in [0.25, 0.3) is 11.6 Å².